The van der Waals surface area contributed by atoms with Gasteiger partial charge >= 0.3 is 0 Å². The molecule has 6 heteroatoms. The maximum absolute atomic E-state index is 12.3. The van der Waals surface area contributed by atoms with Crippen LogP contribution in [0.5, 0.6) is 0 Å². The normalized spacial score (nSPS) is 12.0. The lowest BCUT2D eigenvalue weighted by molar-refractivity contribution is -0.118. The fraction of sp³-hybridized carbons (Fsp3) is 0.267. The van der Waals surface area contributed by atoms with Crippen LogP contribution in [0, 0.1) is 5.92 Å². The van der Waals surface area contributed by atoms with Gasteiger partial charge in [0.2, 0.25) is 5.91 Å². The van der Waals surface area contributed by atoms with Gasteiger partial charge < -0.3 is 10.6 Å². The van der Waals surface area contributed by atoms with Crippen LogP contribution in [-0.2, 0) is 4.79 Å². The number of anilines is 1. The number of benzene rings is 1. The highest BCUT2D eigenvalue weighted by molar-refractivity contribution is 7.13. The average molecular weight is 303 g/mol. The van der Waals surface area contributed by atoms with Crippen LogP contribution >= 0.6 is 11.3 Å². The van der Waals surface area contributed by atoms with Gasteiger partial charge in [-0.2, -0.15) is 0 Å². The van der Waals surface area contributed by atoms with Crippen molar-refractivity contribution in [1.29, 1.82) is 0 Å². The van der Waals surface area contributed by atoms with Gasteiger partial charge in [0.05, 0.1) is 0 Å². The summed E-state index contributed by atoms with van der Waals surface area (Å²) in [5, 5.41) is 7.79. The van der Waals surface area contributed by atoms with E-state index in [0.29, 0.717) is 10.7 Å². The molecule has 2 rings (SSSR count). The summed E-state index contributed by atoms with van der Waals surface area (Å²) in [5.41, 5.74) is 0.533. The Hall–Kier alpha value is -2.21. The summed E-state index contributed by atoms with van der Waals surface area (Å²) in [7, 11) is 0. The van der Waals surface area contributed by atoms with Gasteiger partial charge in [-0.25, -0.2) is 4.98 Å². The van der Waals surface area contributed by atoms with E-state index < -0.39 is 6.04 Å². The molecule has 0 aliphatic rings. The third-order valence-electron chi connectivity index (χ3n) is 2.93. The van der Waals surface area contributed by atoms with Crippen LogP contribution in [0.4, 0.5) is 5.13 Å². The third kappa shape index (κ3) is 4.13. The molecule has 0 aliphatic carbocycles. The first-order chi connectivity index (χ1) is 10.1. The Morgan fingerprint density at radius 2 is 1.90 bits per heavy atom. The molecule has 0 bridgehead atoms. The van der Waals surface area contributed by atoms with E-state index in [2.05, 4.69) is 15.6 Å². The van der Waals surface area contributed by atoms with Crippen molar-refractivity contribution in [2.24, 2.45) is 5.92 Å². The molecule has 21 heavy (non-hydrogen) atoms. The molecule has 1 aromatic heterocycles. The van der Waals surface area contributed by atoms with Gasteiger partial charge in [0.1, 0.15) is 6.04 Å². The summed E-state index contributed by atoms with van der Waals surface area (Å²) in [5.74, 6) is -0.551. The number of carbonyl (C=O) groups is 2. The fourth-order valence-corrected chi connectivity index (χ4v) is 2.35. The van der Waals surface area contributed by atoms with E-state index in [4.69, 9.17) is 0 Å². The minimum atomic E-state index is -0.610. The minimum Gasteiger partial charge on any atom is -0.340 e. The van der Waals surface area contributed by atoms with Gasteiger partial charge in [-0.05, 0) is 18.1 Å². The van der Waals surface area contributed by atoms with Crippen molar-refractivity contribution in [1.82, 2.24) is 10.3 Å². The zero-order valence-corrected chi connectivity index (χ0v) is 12.7. The zero-order chi connectivity index (χ0) is 15.2. The number of carbonyl (C=O) groups excluding carboxylic acids is 2. The van der Waals surface area contributed by atoms with Gasteiger partial charge in [0, 0.05) is 17.1 Å². The Kier molecular flexibility index (Phi) is 5.05. The lowest BCUT2D eigenvalue weighted by atomic mass is 10.0. The predicted octanol–water partition coefficient (Wildman–Crippen LogP) is 2.54. The largest absolute Gasteiger partial charge is 0.340 e. The maximum Gasteiger partial charge on any atom is 0.251 e. The zero-order valence-electron chi connectivity index (χ0n) is 11.9. The number of hydrogen-bond acceptors (Lipinski definition) is 4. The van der Waals surface area contributed by atoms with E-state index in [-0.39, 0.29) is 17.7 Å². The minimum absolute atomic E-state index is 0.0300. The Morgan fingerprint density at radius 3 is 2.48 bits per heavy atom. The molecule has 1 heterocycles. The number of amides is 2. The van der Waals surface area contributed by atoms with Crippen LogP contribution in [0.25, 0.3) is 0 Å². The van der Waals surface area contributed by atoms with Crippen molar-refractivity contribution in [3.05, 3.63) is 47.5 Å². The Morgan fingerprint density at radius 1 is 1.19 bits per heavy atom. The molecule has 0 spiro atoms. The van der Waals surface area contributed by atoms with Crippen LogP contribution in [0.1, 0.15) is 24.2 Å². The Bertz CT molecular complexity index is 597. The molecule has 0 radical (unpaired) electrons. The SMILES string of the molecule is CC(C)[C@H](NC(=O)c1ccccc1)C(=O)Nc1nccs1. The summed E-state index contributed by atoms with van der Waals surface area (Å²) < 4.78 is 0. The smallest absolute Gasteiger partial charge is 0.251 e. The number of aromatic nitrogens is 1. The van der Waals surface area contributed by atoms with Gasteiger partial charge in [0.15, 0.2) is 5.13 Å². The average Bonchev–Trinajstić information content (AvgIpc) is 2.97. The van der Waals surface area contributed by atoms with E-state index in [1.54, 1.807) is 35.8 Å². The molecule has 0 fully saturated rings. The van der Waals surface area contributed by atoms with Crippen molar-refractivity contribution in [2.75, 3.05) is 5.32 Å². The van der Waals surface area contributed by atoms with Crippen LogP contribution in [0.3, 0.4) is 0 Å². The molecule has 0 saturated heterocycles. The summed E-state index contributed by atoms with van der Waals surface area (Å²) in [4.78, 5) is 28.4. The van der Waals surface area contributed by atoms with Crippen molar-refractivity contribution in [2.45, 2.75) is 19.9 Å². The van der Waals surface area contributed by atoms with Crippen LogP contribution in [0.15, 0.2) is 41.9 Å². The summed E-state index contributed by atoms with van der Waals surface area (Å²) in [6.45, 7) is 3.77. The molecule has 1 aromatic carbocycles. The van der Waals surface area contributed by atoms with Gasteiger partial charge in [-0.15, -0.1) is 11.3 Å². The Balaban J connectivity index is 2.05. The first-order valence-electron chi connectivity index (χ1n) is 6.64. The van der Waals surface area contributed by atoms with Crippen molar-refractivity contribution in [3.63, 3.8) is 0 Å². The first kappa shape index (κ1) is 15.2. The highest BCUT2D eigenvalue weighted by Crippen LogP contribution is 2.13. The van der Waals surface area contributed by atoms with Crippen molar-refractivity contribution < 1.29 is 9.59 Å². The molecule has 2 aromatic rings. The molecule has 110 valence electrons. The van der Waals surface area contributed by atoms with Crippen molar-refractivity contribution in [3.8, 4) is 0 Å². The standard InChI is InChI=1S/C15H17N3O2S/c1-10(2)12(14(20)18-15-16-8-9-21-15)17-13(19)11-6-4-3-5-7-11/h3-10,12H,1-2H3,(H,17,19)(H,16,18,20)/t12-/m0/s1. The van der Waals surface area contributed by atoms with Crippen molar-refractivity contribution >= 4 is 28.3 Å². The number of nitrogens with one attached hydrogen (secondary N) is 2. The number of thiazole rings is 1. The van der Waals surface area contributed by atoms with Crippen LogP contribution in [-0.4, -0.2) is 22.8 Å². The quantitative estimate of drug-likeness (QED) is 0.891. The molecule has 0 aliphatic heterocycles. The topological polar surface area (TPSA) is 71.1 Å². The molecule has 2 N–H and O–H groups in total. The maximum atomic E-state index is 12.3. The summed E-state index contributed by atoms with van der Waals surface area (Å²) in [6, 6.07) is 8.23. The van der Waals surface area contributed by atoms with Crippen LogP contribution in [0.2, 0.25) is 0 Å². The van der Waals surface area contributed by atoms with E-state index in [1.807, 2.05) is 19.9 Å². The molecular weight excluding hydrogens is 286 g/mol. The van der Waals surface area contributed by atoms with Gasteiger partial charge in [-0.3, -0.25) is 9.59 Å². The molecule has 5 nitrogen and oxygen atoms in total. The lowest BCUT2D eigenvalue weighted by Crippen LogP contribution is -2.47. The number of hydrogen-bond donors (Lipinski definition) is 2. The second-order valence-electron chi connectivity index (χ2n) is 4.89. The molecule has 2 amide bonds. The van der Waals surface area contributed by atoms with E-state index >= 15 is 0 Å². The van der Waals surface area contributed by atoms with E-state index in [0.717, 1.165) is 0 Å². The molecular formula is C15H17N3O2S. The molecule has 0 unspecified atom stereocenters. The number of rotatable bonds is 5. The van der Waals surface area contributed by atoms with Crippen LogP contribution < -0.4 is 10.6 Å². The molecule has 1 atom stereocenters. The third-order valence-corrected chi connectivity index (χ3v) is 3.62. The summed E-state index contributed by atoms with van der Waals surface area (Å²) in [6.07, 6.45) is 1.62. The first-order valence-corrected chi connectivity index (χ1v) is 7.52. The van der Waals surface area contributed by atoms with Gasteiger partial charge in [-0.1, -0.05) is 32.0 Å². The van der Waals surface area contributed by atoms with E-state index in [1.165, 1.54) is 11.3 Å². The number of nitrogens with zero attached hydrogens (tertiary/aromatic N) is 1. The highest BCUT2D eigenvalue weighted by Gasteiger charge is 2.25. The fourth-order valence-electron chi connectivity index (χ4n) is 1.82. The lowest BCUT2D eigenvalue weighted by Gasteiger charge is -2.21. The monoisotopic (exact) mass is 303 g/mol. The molecule has 0 saturated carbocycles. The predicted molar refractivity (Wildman–Crippen MR) is 83.3 cm³/mol. The summed E-state index contributed by atoms with van der Waals surface area (Å²) >= 11 is 1.34. The van der Waals surface area contributed by atoms with Gasteiger partial charge in [0.25, 0.3) is 5.91 Å². The second-order valence-corrected chi connectivity index (χ2v) is 5.78. The van der Waals surface area contributed by atoms with E-state index in [9.17, 15) is 9.59 Å². The Labute approximate surface area is 127 Å². The second kappa shape index (κ2) is 6.99. The highest BCUT2D eigenvalue weighted by atomic mass is 32.1.